The minimum absolute atomic E-state index is 0.0602. The van der Waals surface area contributed by atoms with Crippen LogP contribution in [0.3, 0.4) is 0 Å². The van der Waals surface area contributed by atoms with E-state index in [1.807, 2.05) is 6.92 Å². The summed E-state index contributed by atoms with van der Waals surface area (Å²) in [6.07, 6.45) is 9.91. The summed E-state index contributed by atoms with van der Waals surface area (Å²) in [7, 11) is 0. The minimum atomic E-state index is -0.289. The number of hydrogen-bond donors (Lipinski definition) is 2. The maximum Gasteiger partial charge on any atom is 0.252 e. The Morgan fingerprint density at radius 3 is 2.39 bits per heavy atom. The molecule has 0 aromatic heterocycles. The van der Waals surface area contributed by atoms with Crippen LogP contribution in [0.5, 0.6) is 0 Å². The molecule has 2 N–H and O–H groups in total. The molecule has 3 heterocycles. The van der Waals surface area contributed by atoms with Gasteiger partial charge in [0.2, 0.25) is 5.91 Å². The smallest absolute Gasteiger partial charge is 0.252 e. The van der Waals surface area contributed by atoms with Crippen LogP contribution in [-0.2, 0) is 19.2 Å². The molecule has 2 saturated carbocycles. The predicted molar refractivity (Wildman–Crippen MR) is 124 cm³/mol. The number of carbonyl (C=O) groups is 2. The first-order chi connectivity index (χ1) is 15.9. The van der Waals surface area contributed by atoms with Gasteiger partial charge in [-0.1, -0.05) is 12.8 Å². The number of ether oxygens (including phenoxy) is 1. The standard InChI is InChI=1S/C25H42N4O4/c1-15-14-28(25(31)23-8-5-11-32-23)22-13-19(9-10-21(22)29(15)17(3)30)18-6-4-7-20(12-18)24-26-16(2)33-27-24/h15-16,18-24,26-27H,4-14H2,1-3H3. The normalized spacial score (nSPS) is 44.0. The zero-order valence-electron chi connectivity index (χ0n) is 20.5. The molecule has 8 heteroatoms. The lowest BCUT2D eigenvalue weighted by Gasteiger charge is -2.55. The van der Waals surface area contributed by atoms with E-state index in [1.165, 1.54) is 25.7 Å². The van der Waals surface area contributed by atoms with Gasteiger partial charge in [0.1, 0.15) is 12.3 Å². The number of piperazine rings is 1. The summed E-state index contributed by atoms with van der Waals surface area (Å²) in [6, 6.07) is 0.317. The van der Waals surface area contributed by atoms with Gasteiger partial charge in [-0.05, 0) is 76.5 Å². The van der Waals surface area contributed by atoms with E-state index in [0.717, 1.165) is 32.1 Å². The third-order valence-electron chi connectivity index (χ3n) is 9.05. The van der Waals surface area contributed by atoms with Gasteiger partial charge in [0, 0.05) is 26.1 Å². The molecule has 0 bridgehead atoms. The second kappa shape index (κ2) is 9.80. The van der Waals surface area contributed by atoms with E-state index in [2.05, 4.69) is 27.5 Å². The summed E-state index contributed by atoms with van der Waals surface area (Å²) >= 11 is 0. The van der Waals surface area contributed by atoms with E-state index in [0.29, 0.717) is 30.9 Å². The van der Waals surface area contributed by atoms with E-state index in [-0.39, 0.29) is 48.4 Å². The first-order valence-electron chi connectivity index (χ1n) is 13.3. The Bertz CT molecular complexity index is 729. The largest absolute Gasteiger partial charge is 0.368 e. The molecule has 33 heavy (non-hydrogen) atoms. The first kappa shape index (κ1) is 23.5. The average molecular weight is 463 g/mol. The number of nitrogens with zero attached hydrogens (tertiary/aromatic N) is 2. The lowest BCUT2D eigenvalue weighted by molar-refractivity contribution is -0.160. The maximum absolute atomic E-state index is 13.5. The maximum atomic E-state index is 13.5. The summed E-state index contributed by atoms with van der Waals surface area (Å²) in [4.78, 5) is 35.8. The molecular formula is C25H42N4O4. The molecule has 0 aromatic rings. The van der Waals surface area contributed by atoms with E-state index < -0.39 is 0 Å². The molecule has 0 spiro atoms. The predicted octanol–water partition coefficient (Wildman–Crippen LogP) is 2.38. The highest BCUT2D eigenvalue weighted by molar-refractivity contribution is 5.82. The molecule has 0 aromatic carbocycles. The van der Waals surface area contributed by atoms with Crippen molar-refractivity contribution in [3.63, 3.8) is 0 Å². The zero-order chi connectivity index (χ0) is 23.1. The Hall–Kier alpha value is -1.22. The number of fused-ring (bicyclic) bond motifs is 1. The van der Waals surface area contributed by atoms with Gasteiger partial charge in [-0.3, -0.25) is 19.7 Å². The first-order valence-corrected chi connectivity index (χ1v) is 13.3. The van der Waals surface area contributed by atoms with Gasteiger partial charge in [0.25, 0.3) is 5.91 Å². The number of hydrogen-bond acceptors (Lipinski definition) is 6. The van der Waals surface area contributed by atoms with Gasteiger partial charge in [-0.2, -0.15) is 5.48 Å². The molecule has 5 aliphatic rings. The van der Waals surface area contributed by atoms with E-state index in [4.69, 9.17) is 9.57 Å². The molecule has 2 aliphatic carbocycles. The van der Waals surface area contributed by atoms with Crippen molar-refractivity contribution in [3.8, 4) is 0 Å². The molecule has 186 valence electrons. The van der Waals surface area contributed by atoms with Crippen LogP contribution in [0.2, 0.25) is 0 Å². The number of amides is 2. The molecule has 5 fully saturated rings. The SMILES string of the molecule is CC(=O)N1C(C)CN(C(=O)C2CCCO2)C2CC(C3CCCC(C4NOC(C)N4)C3)CCC21. The van der Waals surface area contributed by atoms with Gasteiger partial charge in [-0.15, -0.1) is 0 Å². The third-order valence-corrected chi connectivity index (χ3v) is 9.05. The number of hydroxylamine groups is 1. The Morgan fingerprint density at radius 1 is 0.909 bits per heavy atom. The molecule has 2 amide bonds. The third kappa shape index (κ3) is 4.68. The minimum Gasteiger partial charge on any atom is -0.368 e. The van der Waals surface area contributed by atoms with Gasteiger partial charge in [-0.25, -0.2) is 0 Å². The second-order valence-corrected chi connectivity index (χ2v) is 11.2. The molecule has 0 radical (unpaired) electrons. The molecule has 3 aliphatic heterocycles. The summed E-state index contributed by atoms with van der Waals surface area (Å²) in [5.74, 6) is 2.16. The number of carbonyl (C=O) groups excluding carboxylic acids is 2. The van der Waals surface area contributed by atoms with Gasteiger partial charge in [0.15, 0.2) is 0 Å². The molecule has 8 nitrogen and oxygen atoms in total. The molecule has 9 atom stereocenters. The monoisotopic (exact) mass is 462 g/mol. The van der Waals surface area contributed by atoms with Crippen LogP contribution in [0, 0.1) is 17.8 Å². The zero-order valence-corrected chi connectivity index (χ0v) is 20.5. The van der Waals surface area contributed by atoms with Gasteiger partial charge >= 0.3 is 0 Å². The fourth-order valence-corrected chi connectivity index (χ4v) is 7.57. The van der Waals surface area contributed by atoms with Crippen molar-refractivity contribution < 1.29 is 19.2 Å². The van der Waals surface area contributed by atoms with Crippen molar-refractivity contribution in [3.05, 3.63) is 0 Å². The summed E-state index contributed by atoms with van der Waals surface area (Å²) in [5, 5.41) is 3.52. The average Bonchev–Trinajstić information content (AvgIpc) is 3.50. The molecule has 3 saturated heterocycles. The van der Waals surface area contributed by atoms with Crippen molar-refractivity contribution in [1.29, 1.82) is 0 Å². The van der Waals surface area contributed by atoms with Crippen LogP contribution < -0.4 is 10.8 Å². The van der Waals surface area contributed by atoms with Crippen LogP contribution in [0.1, 0.15) is 78.6 Å². The Morgan fingerprint density at radius 2 is 1.70 bits per heavy atom. The summed E-state index contributed by atoms with van der Waals surface area (Å²) < 4.78 is 5.78. The van der Waals surface area contributed by atoms with Crippen LogP contribution >= 0.6 is 0 Å². The van der Waals surface area contributed by atoms with E-state index >= 15 is 0 Å². The second-order valence-electron chi connectivity index (χ2n) is 11.2. The highest BCUT2D eigenvalue weighted by Crippen LogP contribution is 2.45. The van der Waals surface area contributed by atoms with Crippen LogP contribution in [-0.4, -0.2) is 71.4 Å². The summed E-state index contributed by atoms with van der Waals surface area (Å²) in [5.41, 5.74) is 3.20. The van der Waals surface area contributed by atoms with E-state index in [1.54, 1.807) is 6.92 Å². The summed E-state index contributed by atoms with van der Waals surface area (Å²) in [6.45, 7) is 7.14. The Balaban J connectivity index is 1.31. The number of rotatable bonds is 3. The van der Waals surface area contributed by atoms with Crippen molar-refractivity contribution in [2.75, 3.05) is 13.2 Å². The Labute approximate surface area is 198 Å². The van der Waals surface area contributed by atoms with Gasteiger partial charge in [0.05, 0.1) is 18.2 Å². The topological polar surface area (TPSA) is 83.1 Å². The lowest BCUT2D eigenvalue weighted by Crippen LogP contribution is -2.68. The highest BCUT2D eigenvalue weighted by atomic mass is 16.7. The fraction of sp³-hybridized carbons (Fsp3) is 0.920. The van der Waals surface area contributed by atoms with Crippen LogP contribution in [0.15, 0.2) is 0 Å². The van der Waals surface area contributed by atoms with Gasteiger partial charge < -0.3 is 14.5 Å². The molecular weight excluding hydrogens is 420 g/mol. The van der Waals surface area contributed by atoms with Crippen molar-refractivity contribution >= 4 is 11.8 Å². The van der Waals surface area contributed by atoms with Crippen molar-refractivity contribution in [1.82, 2.24) is 20.6 Å². The fourth-order valence-electron chi connectivity index (χ4n) is 7.57. The Kier molecular flexibility index (Phi) is 6.98. The number of nitrogens with one attached hydrogen (secondary N) is 2. The van der Waals surface area contributed by atoms with Crippen molar-refractivity contribution in [2.45, 2.75) is 115 Å². The lowest BCUT2D eigenvalue weighted by atomic mass is 9.67. The highest BCUT2D eigenvalue weighted by Gasteiger charge is 2.49. The van der Waals surface area contributed by atoms with Crippen LogP contribution in [0.4, 0.5) is 0 Å². The van der Waals surface area contributed by atoms with Crippen LogP contribution in [0.25, 0.3) is 0 Å². The van der Waals surface area contributed by atoms with E-state index in [9.17, 15) is 9.59 Å². The molecule has 5 rings (SSSR count). The molecule has 9 unspecified atom stereocenters. The van der Waals surface area contributed by atoms with Crippen molar-refractivity contribution in [2.24, 2.45) is 17.8 Å². The quantitative estimate of drug-likeness (QED) is 0.670.